The van der Waals surface area contributed by atoms with Crippen molar-refractivity contribution in [3.05, 3.63) is 123 Å². The maximum Gasteiger partial charge on any atom is 0.144 e. The summed E-state index contributed by atoms with van der Waals surface area (Å²) >= 11 is 3.73. The highest BCUT2D eigenvalue weighted by Gasteiger charge is 2.15. The maximum absolute atomic E-state index is 6.17. The van der Waals surface area contributed by atoms with Gasteiger partial charge in [0.05, 0.1) is 11.0 Å². The number of benzene rings is 3. The maximum atomic E-state index is 6.17. The molecule has 0 amide bonds. The highest BCUT2D eigenvalue weighted by Crippen LogP contribution is 2.33. The number of nitrogens with zero attached hydrogens (tertiary/aromatic N) is 1. The number of furan rings is 1. The number of hydrogen-bond acceptors (Lipinski definition) is 1. The standard InChI is InChI=1S/C30H18BrNO/c1-3-23(30-19(2)24-10-6-9-15-29(24)33-30)20-16-21(31)18-22(17-20)32-27-13-7-4-11-25(27)26-12-5-8-14-28(26)32/h3-5,7-8,10-18H,1-2H2/b30-23-. The van der Waals surface area contributed by atoms with E-state index in [1.807, 2.05) is 12.2 Å². The van der Waals surface area contributed by atoms with Crippen molar-refractivity contribution in [2.45, 2.75) is 0 Å². The molecule has 1 aliphatic carbocycles. The fraction of sp³-hybridized carbons (Fsp3) is 0. The first-order chi connectivity index (χ1) is 16.2. The van der Waals surface area contributed by atoms with Crippen LogP contribution in [0.15, 0.2) is 99.7 Å². The van der Waals surface area contributed by atoms with E-state index in [-0.39, 0.29) is 0 Å². The molecular weight excluding hydrogens is 470 g/mol. The molecule has 0 unspecified atom stereocenters. The molecule has 1 aliphatic rings. The third-order valence-corrected chi connectivity index (χ3v) is 6.52. The molecule has 2 nitrogen and oxygen atoms in total. The molecule has 0 fully saturated rings. The Labute approximate surface area is 199 Å². The first-order valence-electron chi connectivity index (χ1n) is 10.6. The van der Waals surface area contributed by atoms with Crippen molar-refractivity contribution < 1.29 is 4.42 Å². The molecular formula is C30H18BrNO. The number of halogens is 1. The van der Waals surface area contributed by atoms with Gasteiger partial charge in [0.1, 0.15) is 11.2 Å². The minimum absolute atomic E-state index is 0.708. The number of hydrogen-bond donors (Lipinski definition) is 0. The van der Waals surface area contributed by atoms with Gasteiger partial charge >= 0.3 is 0 Å². The summed E-state index contributed by atoms with van der Waals surface area (Å²) in [5, 5.41) is 3.28. The van der Waals surface area contributed by atoms with Crippen molar-refractivity contribution in [3.8, 4) is 5.69 Å². The normalized spacial score (nSPS) is 13.0. The zero-order chi connectivity index (χ0) is 22.5. The van der Waals surface area contributed by atoms with Crippen LogP contribution in [0.4, 0.5) is 0 Å². The zero-order valence-electron chi connectivity index (χ0n) is 17.7. The summed E-state index contributed by atoms with van der Waals surface area (Å²) in [5.74, 6) is 0.741. The number of para-hydroxylation sites is 2. The topological polar surface area (TPSA) is 18.1 Å². The monoisotopic (exact) mass is 487 g/mol. The van der Waals surface area contributed by atoms with Crippen LogP contribution in [0.25, 0.3) is 51.8 Å². The fourth-order valence-corrected chi connectivity index (χ4v) is 5.08. The van der Waals surface area contributed by atoms with E-state index in [0.29, 0.717) is 5.42 Å². The molecule has 156 valence electrons. The SMILES string of the molecule is C=C/C(c1cc(Br)cc(-n2c3ccccc3c3ccccc32)c1)=c1/oc2c(c1=C)C=C=C=C2. The second-order valence-electron chi connectivity index (χ2n) is 7.95. The van der Waals surface area contributed by atoms with E-state index < -0.39 is 0 Å². The Hall–Kier alpha value is -4.00. The van der Waals surface area contributed by atoms with Crippen LogP contribution in [0.2, 0.25) is 0 Å². The summed E-state index contributed by atoms with van der Waals surface area (Å²) in [7, 11) is 0. The lowest BCUT2D eigenvalue weighted by molar-refractivity contribution is 0.519. The number of allylic oxidation sites excluding steroid dienone is 1. The van der Waals surface area contributed by atoms with E-state index in [0.717, 1.165) is 48.9 Å². The summed E-state index contributed by atoms with van der Waals surface area (Å²) in [6.45, 7) is 8.35. The molecule has 3 heteroatoms. The largest absolute Gasteiger partial charge is 0.455 e. The van der Waals surface area contributed by atoms with Gasteiger partial charge in [-0.15, -0.1) is 0 Å². The van der Waals surface area contributed by atoms with Crippen LogP contribution in [0, 0.1) is 0 Å². The van der Waals surface area contributed by atoms with E-state index in [9.17, 15) is 0 Å². The Morgan fingerprint density at radius 3 is 2.24 bits per heavy atom. The van der Waals surface area contributed by atoms with Crippen molar-refractivity contribution in [1.29, 1.82) is 0 Å². The summed E-state index contributed by atoms with van der Waals surface area (Å²) in [4.78, 5) is 0. The minimum Gasteiger partial charge on any atom is -0.455 e. The molecule has 0 saturated carbocycles. The molecule has 3 aromatic carbocycles. The van der Waals surface area contributed by atoms with E-state index in [1.165, 1.54) is 10.8 Å². The summed E-state index contributed by atoms with van der Waals surface area (Å²) in [6.07, 6.45) is 5.48. The lowest BCUT2D eigenvalue weighted by atomic mass is 10.0. The van der Waals surface area contributed by atoms with Crippen molar-refractivity contribution >= 4 is 62.0 Å². The van der Waals surface area contributed by atoms with Crippen LogP contribution in [-0.4, -0.2) is 4.57 Å². The predicted octanol–water partition coefficient (Wildman–Crippen LogP) is 6.73. The quantitative estimate of drug-likeness (QED) is 0.253. The molecule has 0 bridgehead atoms. The number of aromatic nitrogens is 1. The average molecular weight is 488 g/mol. The highest BCUT2D eigenvalue weighted by molar-refractivity contribution is 9.10. The Morgan fingerprint density at radius 1 is 0.909 bits per heavy atom. The fourth-order valence-electron chi connectivity index (χ4n) is 4.60. The van der Waals surface area contributed by atoms with Gasteiger partial charge in [0.15, 0.2) is 0 Å². The van der Waals surface area contributed by atoms with Crippen molar-refractivity contribution in [1.82, 2.24) is 4.57 Å². The molecule has 0 radical (unpaired) electrons. The molecule has 33 heavy (non-hydrogen) atoms. The molecule has 2 aromatic heterocycles. The molecule has 6 rings (SSSR count). The number of rotatable bonds is 3. The highest BCUT2D eigenvalue weighted by atomic mass is 79.9. The van der Waals surface area contributed by atoms with Crippen LogP contribution in [-0.2, 0) is 0 Å². The van der Waals surface area contributed by atoms with Crippen molar-refractivity contribution in [2.75, 3.05) is 0 Å². The van der Waals surface area contributed by atoms with Gasteiger partial charge in [-0.05, 0) is 35.9 Å². The van der Waals surface area contributed by atoms with Crippen LogP contribution in [0.3, 0.4) is 0 Å². The van der Waals surface area contributed by atoms with Crippen molar-refractivity contribution in [2.24, 2.45) is 0 Å². The summed E-state index contributed by atoms with van der Waals surface area (Å²) in [5.41, 5.74) is 12.8. The lowest BCUT2D eigenvalue weighted by Crippen LogP contribution is -2.23. The van der Waals surface area contributed by atoms with Gasteiger partial charge in [-0.3, -0.25) is 0 Å². The van der Waals surface area contributed by atoms with E-state index >= 15 is 0 Å². The second-order valence-corrected chi connectivity index (χ2v) is 8.87. The van der Waals surface area contributed by atoms with Crippen molar-refractivity contribution in [3.63, 3.8) is 0 Å². The van der Waals surface area contributed by atoms with Crippen LogP contribution < -0.4 is 10.6 Å². The molecule has 2 heterocycles. The molecule has 0 atom stereocenters. The molecule has 5 aromatic rings. The Bertz CT molecular complexity index is 1780. The van der Waals surface area contributed by atoms with Gasteiger partial charge < -0.3 is 8.98 Å². The molecule has 0 spiro atoms. The average Bonchev–Trinajstić information content (AvgIpc) is 3.35. The van der Waals surface area contributed by atoms with E-state index in [2.05, 4.69) is 112 Å². The summed E-state index contributed by atoms with van der Waals surface area (Å²) < 4.78 is 9.44. The van der Waals surface area contributed by atoms with Gasteiger partial charge in [-0.25, -0.2) is 0 Å². The van der Waals surface area contributed by atoms with Gasteiger partial charge in [0.25, 0.3) is 0 Å². The van der Waals surface area contributed by atoms with Gasteiger partial charge in [-0.2, -0.15) is 0 Å². The Kier molecular flexibility index (Phi) is 4.50. The van der Waals surface area contributed by atoms with Gasteiger partial charge in [0, 0.05) is 49.4 Å². The smallest absolute Gasteiger partial charge is 0.144 e. The van der Waals surface area contributed by atoms with Crippen LogP contribution >= 0.6 is 15.9 Å². The Morgan fingerprint density at radius 2 is 1.58 bits per heavy atom. The van der Waals surface area contributed by atoms with Crippen LogP contribution in [0.1, 0.15) is 16.9 Å². The van der Waals surface area contributed by atoms with E-state index in [1.54, 1.807) is 6.08 Å². The lowest BCUT2D eigenvalue weighted by Gasteiger charge is -2.11. The molecule has 0 N–H and O–H groups in total. The second kappa shape index (κ2) is 7.55. The predicted molar refractivity (Wildman–Crippen MR) is 141 cm³/mol. The third-order valence-electron chi connectivity index (χ3n) is 6.06. The third kappa shape index (κ3) is 3.03. The zero-order valence-corrected chi connectivity index (χ0v) is 19.3. The molecule has 0 aliphatic heterocycles. The first kappa shape index (κ1) is 19.7. The number of fused-ring (bicyclic) bond motifs is 4. The molecule has 0 saturated heterocycles. The minimum atomic E-state index is 0.708. The Balaban J connectivity index is 1.66. The summed E-state index contributed by atoms with van der Waals surface area (Å²) in [6, 6.07) is 23.4. The van der Waals surface area contributed by atoms with Crippen LogP contribution in [0.5, 0.6) is 0 Å². The van der Waals surface area contributed by atoms with Gasteiger partial charge in [0.2, 0.25) is 0 Å². The van der Waals surface area contributed by atoms with E-state index in [4.69, 9.17) is 4.42 Å². The van der Waals surface area contributed by atoms with Gasteiger partial charge in [-0.1, -0.05) is 83.0 Å². The first-order valence-corrected chi connectivity index (χ1v) is 11.4.